The van der Waals surface area contributed by atoms with E-state index < -0.39 is 46.0 Å². The van der Waals surface area contributed by atoms with Crippen LogP contribution >= 0.6 is 0 Å². The largest absolute Gasteiger partial charge is 0.468 e. The van der Waals surface area contributed by atoms with E-state index in [9.17, 15) is 39.4 Å². The molecule has 0 bridgehead atoms. The minimum atomic E-state index is -1.11. The number of non-ortho nitro benzene ring substituents is 1. The lowest BCUT2D eigenvalue weighted by molar-refractivity contribution is -0.393. The zero-order chi connectivity index (χ0) is 36.0. The first-order valence-electron chi connectivity index (χ1n) is 15.2. The van der Waals surface area contributed by atoms with Crippen molar-refractivity contribution in [3.05, 3.63) is 38.4 Å². The van der Waals surface area contributed by atoms with Crippen molar-refractivity contribution in [2.24, 2.45) is 0 Å². The van der Waals surface area contributed by atoms with E-state index in [1.54, 1.807) is 20.8 Å². The fourth-order valence-corrected chi connectivity index (χ4v) is 3.71. The summed E-state index contributed by atoms with van der Waals surface area (Å²) in [5.74, 6) is -1.66. The Morgan fingerprint density at radius 1 is 0.854 bits per heavy atom. The Morgan fingerprint density at radius 3 is 2.02 bits per heavy atom. The number of hydrogen-bond acceptors (Lipinski definition) is 14. The Morgan fingerprint density at radius 2 is 1.46 bits per heavy atom. The Kier molecular flexibility index (Phi) is 19.7. The third kappa shape index (κ3) is 19.1. The van der Waals surface area contributed by atoms with Gasteiger partial charge in [-0.25, -0.2) is 4.79 Å². The average Bonchev–Trinajstić information content (AvgIpc) is 3.02. The van der Waals surface area contributed by atoms with Crippen LogP contribution in [0.25, 0.3) is 0 Å². The Hall–Kier alpha value is -4.62. The summed E-state index contributed by atoms with van der Waals surface area (Å²) in [6, 6.07) is 2.30. The van der Waals surface area contributed by atoms with Crippen LogP contribution in [0.4, 0.5) is 21.9 Å². The van der Waals surface area contributed by atoms with Crippen LogP contribution in [0.5, 0.6) is 0 Å². The predicted octanol–water partition coefficient (Wildman–Crippen LogP) is 1.82. The van der Waals surface area contributed by atoms with Gasteiger partial charge in [0, 0.05) is 38.8 Å². The highest BCUT2D eigenvalue weighted by Crippen LogP contribution is 2.28. The van der Waals surface area contributed by atoms with E-state index >= 15 is 0 Å². The van der Waals surface area contributed by atoms with E-state index in [0.29, 0.717) is 65.6 Å². The molecule has 0 aliphatic carbocycles. The quantitative estimate of drug-likeness (QED) is 0.0524. The van der Waals surface area contributed by atoms with Gasteiger partial charge in [-0.15, -0.1) is 0 Å². The van der Waals surface area contributed by atoms with Crippen molar-refractivity contribution in [2.45, 2.75) is 58.1 Å². The lowest BCUT2D eigenvalue weighted by atomic mass is 10.1. The molecule has 48 heavy (non-hydrogen) atoms. The van der Waals surface area contributed by atoms with Crippen LogP contribution in [0.1, 0.15) is 46.5 Å². The first-order valence-corrected chi connectivity index (χ1v) is 15.2. The summed E-state index contributed by atoms with van der Waals surface area (Å²) in [5.41, 5.74) is -1.34. The van der Waals surface area contributed by atoms with Crippen LogP contribution in [0.15, 0.2) is 18.2 Å². The number of nitrogens with zero attached hydrogens (tertiary/aromatic N) is 2. The second-order valence-electron chi connectivity index (χ2n) is 11.1. The highest BCUT2D eigenvalue weighted by atomic mass is 16.6. The molecular weight excluding hydrogens is 640 g/mol. The molecule has 1 aromatic carbocycles. The number of methoxy groups -OCH3 is 1. The number of nitro benzene ring substituents is 2. The molecule has 0 spiro atoms. The number of nitrogens with one attached hydrogen (secondary N) is 4. The fraction of sp³-hybridized carbons (Fsp3) is 0.655. The van der Waals surface area contributed by atoms with E-state index in [0.717, 1.165) is 6.07 Å². The van der Waals surface area contributed by atoms with E-state index in [1.165, 1.54) is 19.2 Å². The summed E-state index contributed by atoms with van der Waals surface area (Å²) >= 11 is 0. The fourth-order valence-electron chi connectivity index (χ4n) is 3.71. The number of alkyl carbamates (subject to hydrolysis) is 1. The van der Waals surface area contributed by atoms with Crippen LogP contribution in [0.2, 0.25) is 0 Å². The lowest BCUT2D eigenvalue weighted by Crippen LogP contribution is -2.49. The number of esters is 1. The topological polar surface area (TPSA) is 249 Å². The van der Waals surface area contributed by atoms with E-state index in [2.05, 4.69) is 26.0 Å². The summed E-state index contributed by atoms with van der Waals surface area (Å²) in [4.78, 5) is 68.8. The molecule has 0 aliphatic heterocycles. The second-order valence-corrected chi connectivity index (χ2v) is 11.1. The molecule has 1 rings (SSSR count). The van der Waals surface area contributed by atoms with Crippen molar-refractivity contribution in [2.75, 3.05) is 71.7 Å². The van der Waals surface area contributed by atoms with Crippen LogP contribution in [0.3, 0.4) is 0 Å². The van der Waals surface area contributed by atoms with Gasteiger partial charge in [0.2, 0.25) is 11.8 Å². The van der Waals surface area contributed by atoms with Gasteiger partial charge in [0.25, 0.3) is 11.4 Å². The van der Waals surface area contributed by atoms with Gasteiger partial charge in [0.05, 0.1) is 49.5 Å². The third-order valence-electron chi connectivity index (χ3n) is 6.00. The van der Waals surface area contributed by atoms with Gasteiger partial charge >= 0.3 is 12.1 Å². The van der Waals surface area contributed by atoms with E-state index in [1.807, 2.05) is 0 Å². The second kappa shape index (κ2) is 22.8. The minimum Gasteiger partial charge on any atom is -0.468 e. The molecule has 0 saturated heterocycles. The van der Waals surface area contributed by atoms with Gasteiger partial charge in [-0.2, -0.15) is 0 Å². The minimum absolute atomic E-state index is 0.0283. The van der Waals surface area contributed by atoms with Gasteiger partial charge in [-0.1, -0.05) is 0 Å². The SMILES string of the molecule is COC(=O)CNC(=O)[C@H](CCC(=O)NCCCOCCOCCOCCCNc1ccc([N+](=O)[O-])cc1[N+](=O)[O-])NC(=O)OC(C)(C)C. The van der Waals surface area contributed by atoms with Crippen molar-refractivity contribution >= 4 is 40.9 Å². The molecule has 0 heterocycles. The Balaban J connectivity index is 2.13. The van der Waals surface area contributed by atoms with Crippen molar-refractivity contribution in [3.63, 3.8) is 0 Å². The summed E-state index contributed by atoms with van der Waals surface area (Å²) in [5, 5.41) is 32.4. The van der Waals surface area contributed by atoms with Gasteiger partial charge in [0.15, 0.2) is 0 Å². The maximum Gasteiger partial charge on any atom is 0.408 e. The number of rotatable bonds is 24. The molecule has 19 nitrogen and oxygen atoms in total. The molecule has 19 heteroatoms. The monoisotopic (exact) mass is 686 g/mol. The van der Waals surface area contributed by atoms with Crippen molar-refractivity contribution in [1.82, 2.24) is 16.0 Å². The van der Waals surface area contributed by atoms with Crippen LogP contribution < -0.4 is 21.3 Å². The maximum absolute atomic E-state index is 12.5. The zero-order valence-electron chi connectivity index (χ0n) is 27.7. The molecule has 270 valence electrons. The molecule has 3 amide bonds. The lowest BCUT2D eigenvalue weighted by Gasteiger charge is -2.23. The first kappa shape index (κ1) is 41.4. The summed E-state index contributed by atoms with van der Waals surface area (Å²) in [7, 11) is 1.17. The molecular formula is C29H46N6O13. The smallest absolute Gasteiger partial charge is 0.408 e. The van der Waals surface area contributed by atoms with Crippen LogP contribution in [0, 0.1) is 20.2 Å². The van der Waals surface area contributed by atoms with Gasteiger partial charge in [-0.3, -0.25) is 34.6 Å². The highest BCUT2D eigenvalue weighted by Gasteiger charge is 2.25. The molecule has 0 unspecified atom stereocenters. The number of carbonyl (C=O) groups is 4. The highest BCUT2D eigenvalue weighted by molar-refractivity contribution is 5.89. The molecule has 0 saturated carbocycles. The average molecular weight is 687 g/mol. The van der Waals surface area contributed by atoms with Gasteiger partial charge in [-0.05, 0) is 46.1 Å². The standard InChI is InChI=1S/C29H46N6O13/c1-29(2,3)48-28(39)33-23(27(38)32-20-26(37)44-4)9-10-25(36)31-12-6-14-46-16-18-47-17-15-45-13-5-11-30-22-8-7-21(34(40)41)19-24(22)35(42)43/h7-8,19,23,30H,5-6,9-18,20H2,1-4H3,(H,31,36)(H,32,38)(H,33,39)/t23-/m0/s1. The number of ether oxygens (including phenoxy) is 5. The first-order chi connectivity index (χ1) is 22.7. The molecule has 0 radical (unpaired) electrons. The normalized spacial score (nSPS) is 11.6. The number of nitro groups is 2. The van der Waals surface area contributed by atoms with Crippen molar-refractivity contribution < 1.29 is 52.7 Å². The number of carbonyl (C=O) groups excluding carboxylic acids is 4. The molecule has 1 aromatic rings. The molecule has 0 aliphatic rings. The van der Waals surface area contributed by atoms with E-state index in [-0.39, 0.29) is 35.8 Å². The predicted molar refractivity (Wildman–Crippen MR) is 170 cm³/mol. The van der Waals surface area contributed by atoms with Crippen LogP contribution in [-0.2, 0) is 38.1 Å². The summed E-state index contributed by atoms with van der Waals surface area (Å²) in [6.07, 6.45) is 0.147. The Labute approximate surface area is 278 Å². The number of benzene rings is 1. The summed E-state index contributed by atoms with van der Waals surface area (Å²) < 4.78 is 26.0. The summed E-state index contributed by atoms with van der Waals surface area (Å²) in [6.45, 7) is 7.41. The molecule has 0 fully saturated rings. The molecule has 1 atom stereocenters. The zero-order valence-corrected chi connectivity index (χ0v) is 27.7. The van der Waals surface area contributed by atoms with Gasteiger partial charge in [0.1, 0.15) is 23.9 Å². The number of anilines is 1. The van der Waals surface area contributed by atoms with Crippen molar-refractivity contribution in [3.8, 4) is 0 Å². The van der Waals surface area contributed by atoms with Crippen LogP contribution in [-0.4, -0.2) is 112 Å². The number of hydrogen-bond donors (Lipinski definition) is 4. The van der Waals surface area contributed by atoms with E-state index in [4.69, 9.17) is 18.9 Å². The Bertz CT molecular complexity index is 1210. The van der Waals surface area contributed by atoms with Crippen molar-refractivity contribution in [1.29, 1.82) is 0 Å². The maximum atomic E-state index is 12.5. The number of amides is 3. The molecule has 4 N–H and O–H groups in total. The molecule has 0 aromatic heterocycles. The third-order valence-corrected chi connectivity index (χ3v) is 6.00. The van der Waals surface area contributed by atoms with Gasteiger partial charge < -0.3 is 45.0 Å².